The molecule has 1 saturated heterocycles. The highest BCUT2D eigenvalue weighted by Crippen LogP contribution is 2.55. The van der Waals surface area contributed by atoms with E-state index in [-0.39, 0.29) is 23.7 Å². The minimum absolute atomic E-state index is 0.0512. The van der Waals surface area contributed by atoms with Crippen LogP contribution in [0.5, 0.6) is 0 Å². The Kier molecular flexibility index (Phi) is 2.65. The predicted octanol–water partition coefficient (Wildman–Crippen LogP) is 0.411. The average molecular weight is 311 g/mol. The first kappa shape index (κ1) is 13.7. The fourth-order valence-electron chi connectivity index (χ4n) is 3.40. The number of nitrogens with one attached hydrogen (secondary N) is 1. The third-order valence-corrected chi connectivity index (χ3v) is 5.08. The molecule has 2 saturated carbocycles. The summed E-state index contributed by atoms with van der Waals surface area (Å²) < 4.78 is 65.4. The van der Waals surface area contributed by atoms with E-state index in [9.17, 15) is 22.0 Å². The van der Waals surface area contributed by atoms with E-state index in [2.05, 4.69) is 4.74 Å². The summed E-state index contributed by atoms with van der Waals surface area (Å²) in [5, 5.41) is 2.58. The molecule has 3 rings (SSSR count). The minimum atomic E-state index is -5.87. The van der Waals surface area contributed by atoms with E-state index in [1.807, 2.05) is 0 Å². The summed E-state index contributed by atoms with van der Waals surface area (Å²) in [6, 6.07) is 0. The summed E-state index contributed by atoms with van der Waals surface area (Å²) >= 11 is 0. The van der Waals surface area contributed by atoms with Crippen LogP contribution in [0.1, 0.15) is 12.8 Å². The molecule has 3 aliphatic rings. The molecule has 2 bridgehead atoms. The molecular weight excluding hydrogens is 300 g/mol. The van der Waals surface area contributed by atoms with Crippen molar-refractivity contribution in [1.82, 2.24) is 0 Å². The fraction of sp³-hybridized carbons (Fsp3) is 0.800. The number of hydrogen-bond acceptors (Lipinski definition) is 6. The minimum Gasteiger partial charge on any atom is -0.473 e. The molecule has 0 aromatic heterocycles. The van der Waals surface area contributed by atoms with Gasteiger partial charge in [-0.05, 0) is 12.8 Å². The highest BCUT2D eigenvalue weighted by Gasteiger charge is 2.64. The topological polar surface area (TPSA) is 114 Å². The van der Waals surface area contributed by atoms with Crippen LogP contribution in [0.4, 0.5) is 8.78 Å². The van der Waals surface area contributed by atoms with Crippen LogP contribution in [-0.2, 0) is 24.4 Å². The molecule has 0 aromatic carbocycles. The number of rotatable bonds is 3. The Morgan fingerprint density at radius 2 is 2.10 bits per heavy atom. The van der Waals surface area contributed by atoms with Crippen LogP contribution in [0, 0.1) is 23.2 Å². The molecule has 0 aromatic rings. The van der Waals surface area contributed by atoms with Crippen molar-refractivity contribution < 1.29 is 36.0 Å². The van der Waals surface area contributed by atoms with E-state index in [0.717, 1.165) is 0 Å². The van der Waals surface area contributed by atoms with E-state index in [0.29, 0.717) is 12.8 Å². The molecule has 112 valence electrons. The van der Waals surface area contributed by atoms with Crippen LogP contribution in [0.2, 0.25) is 0 Å². The van der Waals surface area contributed by atoms with Crippen LogP contribution in [0.3, 0.4) is 0 Å². The van der Waals surface area contributed by atoms with Gasteiger partial charge in [0.1, 0.15) is 12.2 Å². The Hall–Kier alpha value is -1.29. The number of hydrogen-bond donors (Lipinski definition) is 2. The molecule has 1 heterocycles. The largest absolute Gasteiger partial charge is 0.473 e. The van der Waals surface area contributed by atoms with Gasteiger partial charge in [0, 0.05) is 17.8 Å². The van der Waals surface area contributed by atoms with Crippen molar-refractivity contribution in [1.29, 1.82) is 5.41 Å². The summed E-state index contributed by atoms with van der Waals surface area (Å²) in [5.41, 5.74) is 0. The lowest BCUT2D eigenvalue weighted by Gasteiger charge is -2.26. The van der Waals surface area contributed by atoms with Crippen molar-refractivity contribution in [2.75, 3.05) is 0 Å². The molecule has 0 amide bonds. The Bertz CT molecular complexity index is 591. The highest BCUT2D eigenvalue weighted by molar-refractivity contribution is 7.87. The number of esters is 1. The number of alkyl halides is 2. The summed E-state index contributed by atoms with van der Waals surface area (Å²) in [4.78, 5) is 11.3. The molecule has 20 heavy (non-hydrogen) atoms. The second-order valence-electron chi connectivity index (χ2n) is 5.31. The lowest BCUT2D eigenvalue weighted by molar-refractivity contribution is -0.174. The summed E-state index contributed by atoms with van der Waals surface area (Å²) in [7, 11) is -5.87. The molecule has 5 unspecified atom stereocenters. The molecule has 10 heteroatoms. The molecule has 0 radical (unpaired) electrons. The average Bonchev–Trinajstić information content (AvgIpc) is 2.91. The van der Waals surface area contributed by atoms with Gasteiger partial charge in [-0.25, -0.2) is 4.79 Å². The van der Waals surface area contributed by atoms with Crippen molar-refractivity contribution in [2.24, 2.45) is 17.8 Å². The molecule has 2 aliphatic carbocycles. The summed E-state index contributed by atoms with van der Waals surface area (Å²) in [6.45, 7) is 0. The van der Waals surface area contributed by atoms with Gasteiger partial charge >= 0.3 is 21.3 Å². The van der Waals surface area contributed by atoms with Crippen molar-refractivity contribution in [3.8, 4) is 0 Å². The Morgan fingerprint density at radius 1 is 1.45 bits per heavy atom. The first-order valence-corrected chi connectivity index (χ1v) is 7.38. The van der Waals surface area contributed by atoms with Gasteiger partial charge in [0.05, 0.1) is 0 Å². The number of ether oxygens (including phenoxy) is 2. The smallest absolute Gasteiger partial charge is 0.465 e. The molecule has 1 aliphatic heterocycles. The zero-order valence-electron chi connectivity index (χ0n) is 9.95. The number of fused-ring (bicyclic) bond motifs is 1. The number of carbonyl (C=O) groups is 1. The zero-order chi connectivity index (χ0) is 14.9. The molecule has 0 spiro atoms. The molecule has 7 nitrogen and oxygen atoms in total. The zero-order valence-corrected chi connectivity index (χ0v) is 10.8. The van der Waals surface area contributed by atoms with Gasteiger partial charge in [0.25, 0.3) is 0 Å². The lowest BCUT2D eigenvalue weighted by atomic mass is 9.88. The van der Waals surface area contributed by atoms with E-state index in [1.165, 1.54) is 0 Å². The van der Waals surface area contributed by atoms with Crippen LogP contribution in [0.25, 0.3) is 0 Å². The third-order valence-electron chi connectivity index (χ3n) is 4.26. The van der Waals surface area contributed by atoms with Crippen molar-refractivity contribution >= 4 is 22.0 Å². The van der Waals surface area contributed by atoms with E-state index < -0.39 is 33.5 Å². The van der Waals surface area contributed by atoms with Gasteiger partial charge in [-0.1, -0.05) is 0 Å². The van der Waals surface area contributed by atoms with E-state index >= 15 is 0 Å². The maximum absolute atomic E-state index is 13.1. The molecular formula is C10H11F2NO6S. The standard InChI is InChI=1S/C10H11F2NO6S/c11-10(12,20(15,16)17)9(14)19-6-3-1-4-5(2-3)8(13)18-7(4)6/h3-7,13H,1-2H2,(H,15,16,17). The predicted molar refractivity (Wildman–Crippen MR) is 58.7 cm³/mol. The normalized spacial score (nSPS) is 39.0. The van der Waals surface area contributed by atoms with Crippen LogP contribution in [0.15, 0.2) is 0 Å². The van der Waals surface area contributed by atoms with Crippen LogP contribution >= 0.6 is 0 Å². The molecule has 3 fully saturated rings. The highest BCUT2D eigenvalue weighted by atomic mass is 32.2. The maximum Gasteiger partial charge on any atom is 0.465 e. The number of carbonyl (C=O) groups excluding carboxylic acids is 1. The van der Waals surface area contributed by atoms with Gasteiger partial charge < -0.3 is 9.47 Å². The maximum atomic E-state index is 13.1. The SMILES string of the molecule is N=C1OC2C3CC(CC13)C2OC(=O)C(F)(F)S(=O)(=O)O. The second kappa shape index (κ2) is 3.88. The van der Waals surface area contributed by atoms with Crippen molar-refractivity contribution in [2.45, 2.75) is 30.3 Å². The van der Waals surface area contributed by atoms with Gasteiger partial charge in [0.15, 0.2) is 5.90 Å². The first-order chi connectivity index (χ1) is 9.13. The monoisotopic (exact) mass is 311 g/mol. The summed E-state index contributed by atoms with van der Waals surface area (Å²) in [5.74, 6) is -2.59. The van der Waals surface area contributed by atoms with Gasteiger partial charge in [-0.3, -0.25) is 9.96 Å². The first-order valence-electron chi connectivity index (χ1n) is 5.94. The van der Waals surface area contributed by atoms with Gasteiger partial charge in [-0.15, -0.1) is 0 Å². The van der Waals surface area contributed by atoms with Crippen molar-refractivity contribution in [3.63, 3.8) is 0 Å². The second-order valence-corrected chi connectivity index (χ2v) is 6.77. The lowest BCUT2D eigenvalue weighted by Crippen LogP contribution is -2.44. The Labute approximate surface area is 112 Å². The Morgan fingerprint density at radius 3 is 2.70 bits per heavy atom. The molecule has 5 atom stereocenters. The van der Waals surface area contributed by atoms with E-state index in [4.69, 9.17) is 14.7 Å². The van der Waals surface area contributed by atoms with Gasteiger partial charge in [0.2, 0.25) is 0 Å². The molecule has 2 N–H and O–H groups in total. The van der Waals surface area contributed by atoms with Crippen molar-refractivity contribution in [3.05, 3.63) is 0 Å². The van der Waals surface area contributed by atoms with Gasteiger partial charge in [-0.2, -0.15) is 17.2 Å². The quantitative estimate of drug-likeness (QED) is 0.576. The van der Waals surface area contributed by atoms with Crippen LogP contribution in [-0.4, -0.2) is 42.3 Å². The third kappa shape index (κ3) is 1.67. The van der Waals surface area contributed by atoms with E-state index in [1.54, 1.807) is 0 Å². The van der Waals surface area contributed by atoms with Crippen LogP contribution < -0.4 is 0 Å². The Balaban J connectivity index is 1.77. The fourth-order valence-corrected chi connectivity index (χ4v) is 3.66. The summed E-state index contributed by atoms with van der Waals surface area (Å²) in [6.07, 6.45) is -0.589. The number of halogens is 2.